The summed E-state index contributed by atoms with van der Waals surface area (Å²) >= 11 is 0. The van der Waals surface area contributed by atoms with Crippen molar-refractivity contribution in [3.05, 3.63) is 97.2 Å². The molecule has 83 heavy (non-hydrogen) atoms. The molecule has 0 aliphatic rings. The first-order valence-corrected chi connectivity index (χ1v) is 36.0. The number of hydrogen-bond acceptors (Lipinski definition) is 7. The Balaban J connectivity index is 5.14. The predicted molar refractivity (Wildman–Crippen MR) is 358 cm³/mol. The molecule has 0 radical (unpaired) electrons. The molecular formula is C73H131N2O7P. The van der Waals surface area contributed by atoms with Crippen LogP contribution in [0.1, 0.15) is 303 Å². The van der Waals surface area contributed by atoms with E-state index in [1.165, 1.54) is 148 Å². The van der Waals surface area contributed by atoms with Crippen molar-refractivity contribution in [1.29, 1.82) is 0 Å². The lowest BCUT2D eigenvalue weighted by Gasteiger charge is -2.30. The number of ether oxygens (including phenoxy) is 1. The van der Waals surface area contributed by atoms with Gasteiger partial charge in [-0.1, -0.05) is 279 Å². The van der Waals surface area contributed by atoms with Gasteiger partial charge in [-0.2, -0.15) is 0 Å². The number of nitrogens with one attached hydrogen (secondary N) is 1. The summed E-state index contributed by atoms with van der Waals surface area (Å²) in [5.41, 5.74) is 0. The number of amides is 1. The maximum absolute atomic E-state index is 13.6. The molecule has 0 aromatic carbocycles. The molecule has 480 valence electrons. The number of phosphoric acid groups is 1. The van der Waals surface area contributed by atoms with E-state index >= 15 is 0 Å². The number of phosphoric ester groups is 1. The third-order valence-corrected chi connectivity index (χ3v) is 16.0. The number of nitrogens with zero attached hydrogens (tertiary/aromatic N) is 1. The van der Waals surface area contributed by atoms with Crippen LogP contribution in [0.25, 0.3) is 0 Å². The SMILES string of the molecule is CC/C=C\C/C=C\C/C=C\C/C=C\C/C=C\C/C=C\CCCCCCCCCCC(=O)NC(COP(=O)([O-])OCC[N+](C)(C)C)C(/C=C\CCCCCCCCCCCCC)OC(=O)CCCCCCCCC/C=C/CCCCCCCC. The number of hydrogen-bond donors (Lipinski definition) is 1. The maximum Gasteiger partial charge on any atom is 0.306 e. The second-order valence-corrected chi connectivity index (χ2v) is 25.7. The fourth-order valence-corrected chi connectivity index (χ4v) is 10.4. The van der Waals surface area contributed by atoms with Crippen molar-refractivity contribution >= 4 is 19.7 Å². The average molecular weight is 1180 g/mol. The lowest BCUT2D eigenvalue weighted by Crippen LogP contribution is -2.47. The van der Waals surface area contributed by atoms with Crippen molar-refractivity contribution < 1.29 is 37.3 Å². The van der Waals surface area contributed by atoms with Gasteiger partial charge in [0.2, 0.25) is 5.91 Å². The number of allylic oxidation sites excluding steroid dienone is 15. The molecule has 9 nitrogen and oxygen atoms in total. The van der Waals surface area contributed by atoms with Crippen LogP contribution >= 0.6 is 7.82 Å². The van der Waals surface area contributed by atoms with E-state index in [9.17, 15) is 19.0 Å². The minimum absolute atomic E-state index is 0.0282. The van der Waals surface area contributed by atoms with Crippen LogP contribution < -0.4 is 10.2 Å². The smallest absolute Gasteiger partial charge is 0.306 e. The monoisotopic (exact) mass is 1180 g/mol. The highest BCUT2D eigenvalue weighted by molar-refractivity contribution is 7.45. The van der Waals surface area contributed by atoms with Crippen LogP contribution in [0.15, 0.2) is 97.2 Å². The van der Waals surface area contributed by atoms with Gasteiger partial charge >= 0.3 is 5.97 Å². The van der Waals surface area contributed by atoms with Crippen molar-refractivity contribution in [2.75, 3.05) is 40.9 Å². The van der Waals surface area contributed by atoms with Gasteiger partial charge in [-0.05, 0) is 109 Å². The Hall–Kier alpha value is -3.07. The van der Waals surface area contributed by atoms with Crippen LogP contribution in [0.2, 0.25) is 0 Å². The Bertz CT molecular complexity index is 1740. The largest absolute Gasteiger partial charge is 0.756 e. The Kier molecular flexibility index (Phi) is 59.7. The van der Waals surface area contributed by atoms with Gasteiger partial charge in [0.25, 0.3) is 7.82 Å². The molecule has 0 heterocycles. The maximum atomic E-state index is 13.6. The molecular weight excluding hydrogens is 1050 g/mol. The Morgan fingerprint density at radius 1 is 0.434 bits per heavy atom. The van der Waals surface area contributed by atoms with Crippen LogP contribution in [-0.2, 0) is 27.9 Å². The van der Waals surface area contributed by atoms with E-state index in [2.05, 4.69) is 111 Å². The third-order valence-electron chi connectivity index (χ3n) is 15.0. The topological polar surface area (TPSA) is 114 Å². The molecule has 0 saturated heterocycles. The predicted octanol–water partition coefficient (Wildman–Crippen LogP) is 21.3. The number of quaternary nitrogens is 1. The quantitative estimate of drug-likeness (QED) is 0.0212. The first-order valence-electron chi connectivity index (χ1n) is 34.5. The molecule has 0 rings (SSSR count). The zero-order valence-electron chi connectivity index (χ0n) is 54.9. The number of carbonyl (C=O) groups is 2. The molecule has 3 unspecified atom stereocenters. The Morgan fingerprint density at radius 2 is 0.771 bits per heavy atom. The molecule has 3 atom stereocenters. The highest BCUT2D eigenvalue weighted by atomic mass is 31.2. The minimum Gasteiger partial charge on any atom is -0.756 e. The minimum atomic E-state index is -4.71. The normalized spacial score (nSPS) is 14.2. The summed E-state index contributed by atoms with van der Waals surface area (Å²) in [6, 6.07) is -0.900. The second kappa shape index (κ2) is 62.0. The van der Waals surface area contributed by atoms with Crippen LogP contribution in [0.5, 0.6) is 0 Å². The van der Waals surface area contributed by atoms with E-state index in [-0.39, 0.29) is 24.9 Å². The number of unbranched alkanes of at least 4 members (excludes halogenated alkanes) is 32. The molecule has 0 fully saturated rings. The van der Waals surface area contributed by atoms with Crippen molar-refractivity contribution in [1.82, 2.24) is 5.32 Å². The molecule has 1 amide bonds. The number of likely N-dealkylation sites (N-methyl/N-ethyl adjacent to an activating group) is 1. The second-order valence-electron chi connectivity index (χ2n) is 24.3. The van der Waals surface area contributed by atoms with Gasteiger partial charge in [0.05, 0.1) is 33.8 Å². The summed E-state index contributed by atoms with van der Waals surface area (Å²) in [6.07, 6.45) is 83.7. The van der Waals surface area contributed by atoms with E-state index in [1.54, 1.807) is 0 Å². The van der Waals surface area contributed by atoms with E-state index in [4.69, 9.17) is 13.8 Å². The lowest BCUT2D eigenvalue weighted by atomic mass is 10.0. The van der Waals surface area contributed by atoms with Gasteiger partial charge in [-0.25, -0.2) is 0 Å². The highest BCUT2D eigenvalue weighted by Gasteiger charge is 2.27. The highest BCUT2D eigenvalue weighted by Crippen LogP contribution is 2.38. The molecule has 0 aliphatic carbocycles. The summed E-state index contributed by atoms with van der Waals surface area (Å²) in [4.78, 5) is 40.2. The lowest BCUT2D eigenvalue weighted by molar-refractivity contribution is -0.870. The molecule has 1 N–H and O–H groups in total. The van der Waals surface area contributed by atoms with E-state index in [0.29, 0.717) is 17.4 Å². The van der Waals surface area contributed by atoms with E-state index in [1.807, 2.05) is 33.3 Å². The molecule has 0 aromatic heterocycles. The zero-order valence-corrected chi connectivity index (χ0v) is 55.8. The third kappa shape index (κ3) is 63.3. The van der Waals surface area contributed by atoms with Crippen LogP contribution in [0.4, 0.5) is 0 Å². The van der Waals surface area contributed by atoms with Crippen LogP contribution in [-0.4, -0.2) is 69.4 Å². The van der Waals surface area contributed by atoms with Crippen LogP contribution in [0, 0.1) is 0 Å². The van der Waals surface area contributed by atoms with Gasteiger partial charge in [-0.15, -0.1) is 0 Å². The summed E-state index contributed by atoms with van der Waals surface area (Å²) in [6.45, 7) is 6.73. The summed E-state index contributed by atoms with van der Waals surface area (Å²) < 4.78 is 30.4. The zero-order chi connectivity index (χ0) is 60.7. The first kappa shape index (κ1) is 79.9. The molecule has 0 bridgehead atoms. The van der Waals surface area contributed by atoms with Gasteiger partial charge in [0.15, 0.2) is 0 Å². The van der Waals surface area contributed by atoms with Crippen molar-refractivity contribution in [2.45, 2.75) is 315 Å². The Labute approximate surface area is 513 Å². The number of carbonyl (C=O) groups excluding carboxylic acids is 2. The summed E-state index contributed by atoms with van der Waals surface area (Å²) in [5, 5.41) is 3.04. The molecule has 0 spiro atoms. The van der Waals surface area contributed by atoms with Crippen molar-refractivity contribution in [3.63, 3.8) is 0 Å². The van der Waals surface area contributed by atoms with E-state index < -0.39 is 26.6 Å². The fraction of sp³-hybridized carbons (Fsp3) is 0.753. The Morgan fingerprint density at radius 3 is 1.17 bits per heavy atom. The molecule has 0 aliphatic heterocycles. The summed E-state index contributed by atoms with van der Waals surface area (Å²) in [7, 11) is 1.17. The van der Waals surface area contributed by atoms with Gasteiger partial charge in [0, 0.05) is 12.8 Å². The van der Waals surface area contributed by atoms with E-state index in [0.717, 1.165) is 122 Å². The van der Waals surface area contributed by atoms with Crippen molar-refractivity contribution in [3.8, 4) is 0 Å². The van der Waals surface area contributed by atoms with Gasteiger partial charge in [0.1, 0.15) is 19.3 Å². The average Bonchev–Trinajstić information content (AvgIpc) is 3.47. The number of rotatable bonds is 62. The fourth-order valence-electron chi connectivity index (χ4n) is 9.70. The van der Waals surface area contributed by atoms with Crippen molar-refractivity contribution in [2.24, 2.45) is 0 Å². The first-order chi connectivity index (χ1) is 40.4. The number of esters is 1. The molecule has 10 heteroatoms. The summed E-state index contributed by atoms with van der Waals surface area (Å²) in [5.74, 6) is -0.553. The molecule has 0 aromatic rings. The van der Waals surface area contributed by atoms with Gasteiger partial charge < -0.3 is 28.5 Å². The molecule has 0 saturated carbocycles. The van der Waals surface area contributed by atoms with Gasteiger partial charge in [-0.3, -0.25) is 14.2 Å². The van der Waals surface area contributed by atoms with Crippen LogP contribution in [0.3, 0.4) is 0 Å². The standard InChI is InChI=1S/C73H131N2O7P/c1-7-10-13-16-19-22-25-28-30-32-33-34-35-36-37-38-39-40-41-43-44-47-50-53-56-59-62-65-72(76)74-70(69-81-83(78,79)80-68-67-75(4,5)6)71(64-61-58-55-52-49-46-27-24-21-18-15-12-9-3)82-73(77)66-63-60-57-54-51-48-45-42-31-29-26-23-20-17-14-11-8-2/h10,13,19,22,28-31,33-34,36-37,39-40,61,64,70-71H,7-9,11-12,14-18,20-21,23-27,32,35,38,41-60,62-63,65-69H2,1-6H3,(H-,74,76,78,79)/b13-10-,22-19-,30-28-,31-29+,34-33-,37-36-,40-39-,64-61-.